The van der Waals surface area contributed by atoms with Crippen molar-refractivity contribution in [1.82, 2.24) is 15.1 Å². The fourth-order valence-electron chi connectivity index (χ4n) is 2.32. The monoisotopic (exact) mass is 292 g/mol. The largest absolute Gasteiger partial charge is 0.444 e. The van der Waals surface area contributed by atoms with Crippen molar-refractivity contribution in [3.63, 3.8) is 0 Å². The lowest BCUT2D eigenvalue weighted by Gasteiger charge is -2.28. The molecule has 0 saturated carbocycles. The number of hydrogen-bond acceptors (Lipinski definition) is 5. The minimum Gasteiger partial charge on any atom is -0.444 e. The number of likely N-dealkylation sites (tertiary alicyclic amines) is 1. The molecule has 1 saturated heterocycles. The molecule has 2 rings (SSSR count). The van der Waals surface area contributed by atoms with E-state index in [2.05, 4.69) is 15.5 Å². The molecule has 1 aliphatic rings. The van der Waals surface area contributed by atoms with Crippen molar-refractivity contribution >= 4 is 11.9 Å². The Balaban J connectivity index is 1.90. The van der Waals surface area contributed by atoms with Gasteiger partial charge in [0.05, 0.1) is 11.7 Å². The molecular weight excluding hydrogens is 268 g/mol. The predicted octanol–water partition coefficient (Wildman–Crippen LogP) is 2.60. The zero-order valence-corrected chi connectivity index (χ0v) is 13.2. The molecular formula is C15H24N4O2. The molecule has 0 bridgehead atoms. The van der Waals surface area contributed by atoms with Gasteiger partial charge in [-0.05, 0) is 52.7 Å². The van der Waals surface area contributed by atoms with E-state index in [0.29, 0.717) is 6.54 Å². The van der Waals surface area contributed by atoms with E-state index in [4.69, 9.17) is 4.74 Å². The number of hydrogen-bond donors (Lipinski definition) is 1. The van der Waals surface area contributed by atoms with Crippen LogP contribution in [0.15, 0.2) is 12.1 Å². The van der Waals surface area contributed by atoms with Crippen LogP contribution in [0.2, 0.25) is 0 Å². The van der Waals surface area contributed by atoms with E-state index in [-0.39, 0.29) is 12.1 Å². The number of aromatic nitrogens is 2. The second-order valence-corrected chi connectivity index (χ2v) is 6.41. The van der Waals surface area contributed by atoms with Crippen LogP contribution in [0.25, 0.3) is 0 Å². The fourth-order valence-corrected chi connectivity index (χ4v) is 2.32. The molecule has 116 valence electrons. The summed E-state index contributed by atoms with van der Waals surface area (Å²) in [6.45, 7) is 8.97. The SMILES string of the molecule is Cc1ccc(NC[C@H]2CCCN2C(=O)OC(C)(C)C)nn1. The van der Waals surface area contributed by atoms with E-state index in [1.165, 1.54) is 0 Å². The van der Waals surface area contributed by atoms with E-state index < -0.39 is 5.60 Å². The van der Waals surface area contributed by atoms with E-state index in [9.17, 15) is 4.79 Å². The molecule has 2 heterocycles. The Morgan fingerprint density at radius 1 is 1.43 bits per heavy atom. The number of nitrogens with one attached hydrogen (secondary N) is 1. The summed E-state index contributed by atoms with van der Waals surface area (Å²) >= 11 is 0. The second kappa shape index (κ2) is 6.28. The van der Waals surface area contributed by atoms with Crippen LogP contribution >= 0.6 is 0 Å². The first-order valence-electron chi connectivity index (χ1n) is 7.39. The van der Waals surface area contributed by atoms with Gasteiger partial charge in [-0.3, -0.25) is 0 Å². The van der Waals surface area contributed by atoms with Crippen molar-refractivity contribution in [1.29, 1.82) is 0 Å². The first-order chi connectivity index (χ1) is 9.85. The van der Waals surface area contributed by atoms with Gasteiger partial charge >= 0.3 is 6.09 Å². The molecule has 6 nitrogen and oxygen atoms in total. The first-order valence-corrected chi connectivity index (χ1v) is 7.39. The van der Waals surface area contributed by atoms with E-state index >= 15 is 0 Å². The van der Waals surface area contributed by atoms with Crippen LogP contribution in [0, 0.1) is 6.92 Å². The molecule has 0 aromatic carbocycles. The van der Waals surface area contributed by atoms with E-state index in [1.807, 2.05) is 39.8 Å². The third-order valence-electron chi connectivity index (χ3n) is 3.32. The molecule has 6 heteroatoms. The molecule has 1 N–H and O–H groups in total. The van der Waals surface area contributed by atoms with Gasteiger partial charge in [-0.1, -0.05) is 0 Å². The first kappa shape index (κ1) is 15.5. The molecule has 0 radical (unpaired) electrons. The highest BCUT2D eigenvalue weighted by Gasteiger charge is 2.31. The molecule has 1 fully saturated rings. The molecule has 0 unspecified atom stereocenters. The number of nitrogens with zero attached hydrogens (tertiary/aromatic N) is 3. The maximum atomic E-state index is 12.2. The Labute approximate surface area is 125 Å². The molecule has 0 aliphatic carbocycles. The topological polar surface area (TPSA) is 67.4 Å². The van der Waals surface area contributed by atoms with Crippen LogP contribution < -0.4 is 5.32 Å². The van der Waals surface area contributed by atoms with Crippen molar-refractivity contribution in [3.8, 4) is 0 Å². The summed E-state index contributed by atoms with van der Waals surface area (Å²) < 4.78 is 5.45. The number of rotatable bonds is 3. The summed E-state index contributed by atoms with van der Waals surface area (Å²) in [5, 5.41) is 11.3. The van der Waals surface area contributed by atoms with Gasteiger partial charge in [0.15, 0.2) is 0 Å². The normalized spacial score (nSPS) is 18.7. The number of carbonyl (C=O) groups excluding carboxylic acids is 1. The summed E-state index contributed by atoms with van der Waals surface area (Å²) in [5.74, 6) is 0.733. The van der Waals surface area contributed by atoms with Crippen molar-refractivity contribution < 1.29 is 9.53 Å². The zero-order valence-electron chi connectivity index (χ0n) is 13.2. The van der Waals surface area contributed by atoms with Gasteiger partial charge in [0.2, 0.25) is 0 Å². The number of ether oxygens (including phenoxy) is 1. The number of aryl methyl sites for hydroxylation is 1. The highest BCUT2D eigenvalue weighted by molar-refractivity contribution is 5.69. The van der Waals surface area contributed by atoms with Crippen LogP contribution in [0.3, 0.4) is 0 Å². The van der Waals surface area contributed by atoms with Gasteiger partial charge < -0.3 is 15.0 Å². The van der Waals surface area contributed by atoms with E-state index in [1.54, 1.807) is 4.90 Å². The van der Waals surface area contributed by atoms with Crippen molar-refractivity contribution in [2.24, 2.45) is 0 Å². The molecule has 0 spiro atoms. The van der Waals surface area contributed by atoms with Gasteiger partial charge in [0.1, 0.15) is 11.4 Å². The number of carbonyl (C=O) groups is 1. The Kier molecular flexibility index (Phi) is 4.65. The molecule has 1 atom stereocenters. The summed E-state index contributed by atoms with van der Waals surface area (Å²) in [5.41, 5.74) is 0.428. The fraction of sp³-hybridized carbons (Fsp3) is 0.667. The lowest BCUT2D eigenvalue weighted by atomic mass is 10.2. The average molecular weight is 292 g/mol. The highest BCUT2D eigenvalue weighted by atomic mass is 16.6. The van der Waals surface area contributed by atoms with Gasteiger partial charge in [0.25, 0.3) is 0 Å². The van der Waals surface area contributed by atoms with Crippen molar-refractivity contribution in [3.05, 3.63) is 17.8 Å². The molecule has 21 heavy (non-hydrogen) atoms. The average Bonchev–Trinajstić information content (AvgIpc) is 2.84. The predicted molar refractivity (Wildman–Crippen MR) is 81.2 cm³/mol. The highest BCUT2D eigenvalue weighted by Crippen LogP contribution is 2.21. The van der Waals surface area contributed by atoms with Crippen molar-refractivity contribution in [2.75, 3.05) is 18.4 Å². The van der Waals surface area contributed by atoms with Crippen LogP contribution in [0.1, 0.15) is 39.3 Å². The van der Waals surface area contributed by atoms with Crippen molar-refractivity contribution in [2.45, 2.75) is 52.2 Å². The third-order valence-corrected chi connectivity index (χ3v) is 3.32. The Hall–Kier alpha value is -1.85. The Morgan fingerprint density at radius 3 is 2.81 bits per heavy atom. The van der Waals surface area contributed by atoms with Gasteiger partial charge in [0, 0.05) is 13.1 Å². The lowest BCUT2D eigenvalue weighted by Crippen LogP contribution is -2.42. The molecule has 1 amide bonds. The molecule has 1 aromatic heterocycles. The standard InChI is InChI=1S/C15H24N4O2/c1-11-7-8-13(18-17-11)16-10-12-6-5-9-19(12)14(20)21-15(2,3)4/h7-8,12H,5-6,9-10H2,1-4H3,(H,16,18)/t12-/m1/s1. The third kappa shape index (κ3) is 4.58. The number of anilines is 1. The summed E-state index contributed by atoms with van der Waals surface area (Å²) in [7, 11) is 0. The van der Waals surface area contributed by atoms with Gasteiger partial charge in [-0.15, -0.1) is 5.10 Å². The zero-order chi connectivity index (χ0) is 15.5. The Morgan fingerprint density at radius 2 is 2.19 bits per heavy atom. The number of amides is 1. The second-order valence-electron chi connectivity index (χ2n) is 6.41. The summed E-state index contributed by atoms with van der Waals surface area (Å²) in [6.07, 6.45) is 1.75. The van der Waals surface area contributed by atoms with Crippen LogP contribution in [-0.4, -0.2) is 45.9 Å². The van der Waals surface area contributed by atoms with E-state index in [0.717, 1.165) is 30.9 Å². The minimum atomic E-state index is -0.458. The van der Waals surface area contributed by atoms with Crippen LogP contribution in [0.5, 0.6) is 0 Å². The maximum Gasteiger partial charge on any atom is 0.410 e. The lowest BCUT2D eigenvalue weighted by molar-refractivity contribution is 0.0235. The van der Waals surface area contributed by atoms with Crippen LogP contribution in [-0.2, 0) is 4.74 Å². The van der Waals surface area contributed by atoms with Crippen LogP contribution in [0.4, 0.5) is 10.6 Å². The van der Waals surface area contributed by atoms with Gasteiger partial charge in [-0.25, -0.2) is 4.79 Å². The summed E-state index contributed by atoms with van der Waals surface area (Å²) in [6, 6.07) is 3.95. The Bertz CT molecular complexity index is 481. The molecule has 1 aliphatic heterocycles. The molecule has 1 aromatic rings. The smallest absolute Gasteiger partial charge is 0.410 e. The maximum absolute atomic E-state index is 12.2. The summed E-state index contributed by atoms with van der Waals surface area (Å²) in [4.78, 5) is 14.0. The minimum absolute atomic E-state index is 0.142. The van der Waals surface area contributed by atoms with Gasteiger partial charge in [-0.2, -0.15) is 5.10 Å². The quantitative estimate of drug-likeness (QED) is 0.927.